The Morgan fingerprint density at radius 1 is 1.67 bits per heavy atom. The van der Waals surface area contributed by atoms with Crippen LogP contribution in [0.15, 0.2) is 0 Å². The maximum absolute atomic E-state index is 12.8. The van der Waals surface area contributed by atoms with Crippen LogP contribution in [0.2, 0.25) is 0 Å². The van der Waals surface area contributed by atoms with Crippen LogP contribution in [0, 0.1) is 23.2 Å². The summed E-state index contributed by atoms with van der Waals surface area (Å²) in [6.45, 7) is 0. The average molecular weight is 190 g/mol. The van der Waals surface area contributed by atoms with Gasteiger partial charge in [-0.2, -0.15) is 5.26 Å². The summed E-state index contributed by atoms with van der Waals surface area (Å²) in [5.74, 6) is -1.26. The predicted molar refractivity (Wildman–Crippen MR) is 42.5 cm³/mol. The molecule has 12 heavy (non-hydrogen) atoms. The quantitative estimate of drug-likeness (QED) is 0.621. The van der Waals surface area contributed by atoms with Crippen molar-refractivity contribution in [2.75, 3.05) is 5.88 Å². The normalized spacial score (nSPS) is 34.6. The second-order valence-corrected chi connectivity index (χ2v) is 3.28. The van der Waals surface area contributed by atoms with Crippen molar-refractivity contribution in [3.63, 3.8) is 0 Å². The summed E-state index contributed by atoms with van der Waals surface area (Å²) < 4.78 is 12.8. The Labute approximate surface area is 75.3 Å². The van der Waals surface area contributed by atoms with Gasteiger partial charge in [-0.25, -0.2) is 4.39 Å². The maximum atomic E-state index is 12.8. The fraction of sp³-hybridized carbons (Fsp3) is 0.750. The molecule has 0 spiro atoms. The summed E-state index contributed by atoms with van der Waals surface area (Å²) in [5.41, 5.74) is 0. The van der Waals surface area contributed by atoms with Gasteiger partial charge < -0.3 is 0 Å². The first kappa shape index (κ1) is 9.47. The molecule has 0 bridgehead atoms. The van der Waals surface area contributed by atoms with Crippen LogP contribution in [0.3, 0.4) is 0 Å². The van der Waals surface area contributed by atoms with Crippen LogP contribution in [-0.2, 0) is 4.79 Å². The van der Waals surface area contributed by atoms with Gasteiger partial charge in [0.25, 0.3) is 0 Å². The van der Waals surface area contributed by atoms with Gasteiger partial charge in [0.15, 0.2) is 5.78 Å². The molecular formula is C8H9ClFNO. The smallest absolute Gasteiger partial charge is 0.152 e. The molecule has 0 aliphatic heterocycles. The van der Waals surface area contributed by atoms with E-state index in [1.54, 1.807) is 0 Å². The molecule has 1 aliphatic carbocycles. The van der Waals surface area contributed by atoms with E-state index in [0.717, 1.165) is 0 Å². The molecule has 1 rings (SSSR count). The minimum atomic E-state index is -1.01. The zero-order valence-electron chi connectivity index (χ0n) is 6.46. The van der Waals surface area contributed by atoms with E-state index in [4.69, 9.17) is 16.9 Å². The molecule has 0 aromatic heterocycles. The number of carbonyl (C=O) groups is 1. The topological polar surface area (TPSA) is 40.9 Å². The second kappa shape index (κ2) is 3.86. The highest BCUT2D eigenvalue weighted by Gasteiger charge is 2.38. The number of hydrogen-bond donors (Lipinski definition) is 0. The molecule has 1 fully saturated rings. The van der Waals surface area contributed by atoms with Crippen LogP contribution in [0.25, 0.3) is 0 Å². The molecule has 0 heterocycles. The van der Waals surface area contributed by atoms with Gasteiger partial charge in [0.2, 0.25) is 0 Å². The number of carbonyl (C=O) groups excluding carboxylic acids is 1. The lowest BCUT2D eigenvalue weighted by Gasteiger charge is -2.07. The molecule has 1 saturated carbocycles. The lowest BCUT2D eigenvalue weighted by Crippen LogP contribution is -2.18. The van der Waals surface area contributed by atoms with Gasteiger partial charge in [-0.15, -0.1) is 11.6 Å². The largest absolute Gasteiger partial charge is 0.298 e. The number of nitriles is 1. The molecule has 0 aromatic carbocycles. The summed E-state index contributed by atoms with van der Waals surface area (Å²) in [6, 6.07) is 1.94. The molecular weight excluding hydrogens is 181 g/mol. The fourth-order valence-electron chi connectivity index (χ4n) is 1.57. The van der Waals surface area contributed by atoms with Crippen molar-refractivity contribution in [3.8, 4) is 6.07 Å². The minimum absolute atomic E-state index is 0.116. The van der Waals surface area contributed by atoms with Gasteiger partial charge in [-0.1, -0.05) is 0 Å². The van der Waals surface area contributed by atoms with Gasteiger partial charge in [0.1, 0.15) is 6.17 Å². The SMILES string of the molecule is N#C[C@@H]1C[C@H](F)CC1C(=O)CCl. The van der Waals surface area contributed by atoms with E-state index in [2.05, 4.69) is 0 Å². The van der Waals surface area contributed by atoms with Crippen LogP contribution in [0.5, 0.6) is 0 Å². The van der Waals surface area contributed by atoms with Crippen molar-refractivity contribution in [2.45, 2.75) is 19.0 Å². The van der Waals surface area contributed by atoms with Crippen molar-refractivity contribution >= 4 is 17.4 Å². The Morgan fingerprint density at radius 3 is 2.83 bits per heavy atom. The Bertz CT molecular complexity index is 226. The summed E-state index contributed by atoms with van der Waals surface area (Å²) in [5, 5.41) is 8.59. The van der Waals surface area contributed by atoms with Gasteiger partial charge in [-0.05, 0) is 12.8 Å². The minimum Gasteiger partial charge on any atom is -0.298 e. The van der Waals surface area contributed by atoms with Crippen molar-refractivity contribution in [1.82, 2.24) is 0 Å². The van der Waals surface area contributed by atoms with Gasteiger partial charge in [0.05, 0.1) is 17.9 Å². The van der Waals surface area contributed by atoms with Crippen molar-refractivity contribution in [1.29, 1.82) is 5.26 Å². The van der Waals surface area contributed by atoms with Crippen molar-refractivity contribution < 1.29 is 9.18 Å². The Hall–Kier alpha value is -0.620. The molecule has 0 saturated heterocycles. The first-order chi connectivity index (χ1) is 5.69. The van der Waals surface area contributed by atoms with Gasteiger partial charge >= 0.3 is 0 Å². The second-order valence-electron chi connectivity index (χ2n) is 3.01. The summed E-state index contributed by atoms with van der Waals surface area (Å²) in [7, 11) is 0. The van der Waals surface area contributed by atoms with E-state index in [-0.39, 0.29) is 24.5 Å². The lowest BCUT2D eigenvalue weighted by molar-refractivity contribution is -0.121. The van der Waals surface area contributed by atoms with Crippen LogP contribution >= 0.6 is 11.6 Å². The number of rotatable bonds is 2. The number of Topliss-reactive ketones (excluding diaryl/α,β-unsaturated/α-hetero) is 1. The monoisotopic (exact) mass is 189 g/mol. The zero-order chi connectivity index (χ0) is 9.14. The number of alkyl halides is 2. The van der Waals surface area contributed by atoms with E-state index in [0.29, 0.717) is 0 Å². The Morgan fingerprint density at radius 2 is 2.33 bits per heavy atom. The fourth-order valence-corrected chi connectivity index (χ4v) is 1.77. The summed E-state index contributed by atoms with van der Waals surface area (Å²) in [6.07, 6.45) is -0.653. The average Bonchev–Trinajstić information content (AvgIpc) is 2.45. The molecule has 66 valence electrons. The highest BCUT2D eigenvalue weighted by molar-refractivity contribution is 6.28. The van der Waals surface area contributed by atoms with Crippen LogP contribution < -0.4 is 0 Å². The third-order valence-electron chi connectivity index (χ3n) is 2.22. The molecule has 4 heteroatoms. The molecule has 0 radical (unpaired) electrons. The van der Waals surface area contributed by atoms with E-state index in [1.807, 2.05) is 6.07 Å². The molecule has 0 amide bonds. The van der Waals surface area contributed by atoms with E-state index in [9.17, 15) is 9.18 Å². The number of halogens is 2. The first-order valence-corrected chi connectivity index (χ1v) is 4.34. The third-order valence-corrected chi connectivity index (χ3v) is 2.48. The van der Waals surface area contributed by atoms with Crippen molar-refractivity contribution in [2.24, 2.45) is 11.8 Å². The lowest BCUT2D eigenvalue weighted by atomic mass is 9.94. The molecule has 3 atom stereocenters. The predicted octanol–water partition coefficient (Wildman–Crippen LogP) is 1.68. The van der Waals surface area contributed by atoms with Crippen molar-refractivity contribution in [3.05, 3.63) is 0 Å². The zero-order valence-corrected chi connectivity index (χ0v) is 7.22. The number of nitrogens with zero attached hydrogens (tertiary/aromatic N) is 1. The van der Waals surface area contributed by atoms with Gasteiger partial charge in [-0.3, -0.25) is 4.79 Å². The van der Waals surface area contributed by atoms with Crippen LogP contribution in [0.4, 0.5) is 4.39 Å². The Kier molecular flexibility index (Phi) is 3.05. The Balaban J connectivity index is 2.65. The van der Waals surface area contributed by atoms with Gasteiger partial charge in [0, 0.05) is 5.92 Å². The highest BCUT2D eigenvalue weighted by atomic mass is 35.5. The molecule has 0 N–H and O–H groups in total. The van der Waals surface area contributed by atoms with Crippen LogP contribution in [-0.4, -0.2) is 17.8 Å². The maximum Gasteiger partial charge on any atom is 0.152 e. The van der Waals surface area contributed by atoms with E-state index < -0.39 is 18.0 Å². The summed E-state index contributed by atoms with van der Waals surface area (Å²) in [4.78, 5) is 11.1. The van der Waals surface area contributed by atoms with Crippen LogP contribution in [0.1, 0.15) is 12.8 Å². The molecule has 2 nitrogen and oxygen atoms in total. The van der Waals surface area contributed by atoms with E-state index in [1.165, 1.54) is 0 Å². The third kappa shape index (κ3) is 1.75. The highest BCUT2D eigenvalue weighted by Crippen LogP contribution is 2.34. The number of hydrogen-bond acceptors (Lipinski definition) is 2. The molecule has 0 aromatic rings. The molecule has 1 unspecified atom stereocenters. The standard InChI is InChI=1S/C8H9ClFNO/c9-3-8(12)7-2-6(10)1-5(7)4-11/h5-7H,1-3H2/t5-,6-,7?/m0/s1. The summed E-state index contributed by atoms with van der Waals surface area (Å²) >= 11 is 5.32. The molecule has 1 aliphatic rings. The number of ketones is 1. The van der Waals surface area contributed by atoms with E-state index >= 15 is 0 Å². The first-order valence-electron chi connectivity index (χ1n) is 3.81.